The summed E-state index contributed by atoms with van der Waals surface area (Å²) >= 11 is 0.719. The van der Waals surface area contributed by atoms with Gasteiger partial charge in [-0.15, -0.1) is 0 Å². The molecule has 0 bridgehead atoms. The molecule has 0 radical (unpaired) electrons. The van der Waals surface area contributed by atoms with Gasteiger partial charge in [0.15, 0.2) is 0 Å². The van der Waals surface area contributed by atoms with E-state index >= 15 is 0 Å². The van der Waals surface area contributed by atoms with Crippen LogP contribution >= 0.6 is 0 Å². The SMILES string of the molecule is O=C1C[Se]C1. The molecule has 1 rings (SSSR count). The van der Waals surface area contributed by atoms with Gasteiger partial charge in [0.05, 0.1) is 0 Å². The molecule has 1 nitrogen and oxygen atoms in total. The molecule has 0 aromatic heterocycles. The van der Waals surface area contributed by atoms with Crippen LogP contribution in [0, 0.1) is 0 Å². The Balaban J connectivity index is 2.32. The second kappa shape index (κ2) is 1.11. The van der Waals surface area contributed by atoms with Crippen LogP contribution in [0.5, 0.6) is 0 Å². The number of ketones is 1. The Morgan fingerprint density at radius 2 is 2.00 bits per heavy atom. The van der Waals surface area contributed by atoms with E-state index in [1.807, 2.05) is 0 Å². The van der Waals surface area contributed by atoms with Gasteiger partial charge in [0, 0.05) is 0 Å². The molecule has 2 heteroatoms. The third-order valence-electron chi connectivity index (χ3n) is 0.526. The van der Waals surface area contributed by atoms with Crippen molar-refractivity contribution in [2.75, 3.05) is 0 Å². The molecule has 28 valence electrons. The van der Waals surface area contributed by atoms with Gasteiger partial charge >= 0.3 is 36.2 Å². The standard InChI is InChI=1S/C3H4OSe/c4-3-1-5-2-3/h1-2H2. The molecule has 1 aliphatic heterocycles. The maximum absolute atomic E-state index is 9.91. The van der Waals surface area contributed by atoms with Crippen LogP contribution in [0.25, 0.3) is 0 Å². The van der Waals surface area contributed by atoms with Gasteiger partial charge in [-0.1, -0.05) is 0 Å². The van der Waals surface area contributed by atoms with Gasteiger partial charge in [-0.25, -0.2) is 0 Å². The van der Waals surface area contributed by atoms with Gasteiger partial charge in [0.25, 0.3) is 0 Å². The predicted octanol–water partition coefficient (Wildman–Crippen LogP) is 0.110. The van der Waals surface area contributed by atoms with E-state index in [9.17, 15) is 4.79 Å². The number of hydrogen-bond acceptors (Lipinski definition) is 1. The minimum absolute atomic E-state index is 0.463. The van der Waals surface area contributed by atoms with Gasteiger partial charge in [-0.05, 0) is 0 Å². The van der Waals surface area contributed by atoms with Crippen molar-refractivity contribution in [2.45, 2.75) is 10.6 Å². The molecule has 0 aromatic rings. The Labute approximate surface area is 36.9 Å². The van der Waals surface area contributed by atoms with Crippen molar-refractivity contribution in [3.63, 3.8) is 0 Å². The van der Waals surface area contributed by atoms with E-state index < -0.39 is 0 Å². The van der Waals surface area contributed by atoms with Crippen LogP contribution in [0.1, 0.15) is 0 Å². The van der Waals surface area contributed by atoms with Crippen molar-refractivity contribution >= 4 is 20.7 Å². The van der Waals surface area contributed by atoms with Gasteiger partial charge in [-0.2, -0.15) is 0 Å². The quantitative estimate of drug-likeness (QED) is 0.431. The number of hydrogen-bond donors (Lipinski definition) is 0. The molecule has 0 atom stereocenters. The summed E-state index contributed by atoms with van der Waals surface area (Å²) in [5.41, 5.74) is 0. The molecule has 1 fully saturated rings. The van der Waals surface area contributed by atoms with Crippen LogP contribution in [0.15, 0.2) is 0 Å². The zero-order valence-corrected chi connectivity index (χ0v) is 4.44. The van der Waals surface area contributed by atoms with Crippen molar-refractivity contribution in [3.05, 3.63) is 0 Å². The van der Waals surface area contributed by atoms with Gasteiger partial charge in [0.2, 0.25) is 0 Å². The Kier molecular flexibility index (Phi) is 0.753. The molecule has 0 spiro atoms. The number of carbonyl (C=O) groups is 1. The molecule has 5 heavy (non-hydrogen) atoms. The normalized spacial score (nSPS) is 22.0. The Bertz CT molecular complexity index is 53.9. The van der Waals surface area contributed by atoms with E-state index in [4.69, 9.17) is 0 Å². The van der Waals surface area contributed by atoms with E-state index in [0.29, 0.717) is 5.78 Å². The van der Waals surface area contributed by atoms with Crippen molar-refractivity contribution in [1.82, 2.24) is 0 Å². The zero-order valence-electron chi connectivity index (χ0n) is 2.73. The van der Waals surface area contributed by atoms with E-state index in [2.05, 4.69) is 0 Å². The monoisotopic (exact) mass is 136 g/mol. The van der Waals surface area contributed by atoms with Crippen LogP contribution in [0.2, 0.25) is 10.6 Å². The summed E-state index contributed by atoms with van der Waals surface area (Å²) in [7, 11) is 0. The summed E-state index contributed by atoms with van der Waals surface area (Å²) < 4.78 is 0. The molecule has 1 saturated heterocycles. The van der Waals surface area contributed by atoms with Crippen molar-refractivity contribution < 1.29 is 4.79 Å². The topological polar surface area (TPSA) is 17.1 Å². The fourth-order valence-electron chi connectivity index (χ4n) is 0.185. The fourth-order valence-corrected chi connectivity index (χ4v) is 0.963. The summed E-state index contributed by atoms with van der Waals surface area (Å²) in [6.07, 6.45) is 0. The third kappa shape index (κ3) is 0.524. The van der Waals surface area contributed by atoms with Crippen molar-refractivity contribution in [3.8, 4) is 0 Å². The maximum atomic E-state index is 9.91. The van der Waals surface area contributed by atoms with Gasteiger partial charge < -0.3 is 0 Å². The average Bonchev–Trinajstić information content (AvgIpc) is 1.30. The number of rotatable bonds is 0. The average molecular weight is 135 g/mol. The first-order valence-corrected chi connectivity index (χ1v) is 3.91. The van der Waals surface area contributed by atoms with Gasteiger partial charge in [-0.3, -0.25) is 0 Å². The zero-order chi connectivity index (χ0) is 3.70. The van der Waals surface area contributed by atoms with Crippen molar-refractivity contribution in [1.29, 1.82) is 0 Å². The van der Waals surface area contributed by atoms with E-state index in [1.165, 1.54) is 0 Å². The predicted molar refractivity (Wildman–Crippen MR) is 20.4 cm³/mol. The van der Waals surface area contributed by atoms with Crippen LogP contribution in [-0.2, 0) is 4.79 Å². The van der Waals surface area contributed by atoms with Crippen molar-refractivity contribution in [2.24, 2.45) is 0 Å². The molecule has 0 amide bonds. The first-order valence-electron chi connectivity index (χ1n) is 1.49. The third-order valence-corrected chi connectivity index (χ3v) is 2.73. The molecular formula is C3H4OSe. The summed E-state index contributed by atoms with van der Waals surface area (Å²) in [6, 6.07) is 0. The number of Topliss-reactive ketones (excluding diaryl/α,β-unsaturated/α-hetero) is 1. The van der Waals surface area contributed by atoms with E-state index in [1.54, 1.807) is 0 Å². The molecule has 0 N–H and O–H groups in total. The van der Waals surface area contributed by atoms with Crippen LogP contribution < -0.4 is 0 Å². The molecule has 1 heterocycles. The fraction of sp³-hybridized carbons (Fsp3) is 0.667. The molecule has 0 aliphatic carbocycles. The molecule has 0 saturated carbocycles. The molecule has 1 aliphatic rings. The second-order valence-electron chi connectivity index (χ2n) is 1.03. The molecular weight excluding hydrogens is 131 g/mol. The minimum atomic E-state index is 0.463. The van der Waals surface area contributed by atoms with Crippen LogP contribution in [0.4, 0.5) is 0 Å². The first kappa shape index (κ1) is 3.38. The summed E-state index contributed by atoms with van der Waals surface area (Å²) in [5, 5.41) is 1.82. The summed E-state index contributed by atoms with van der Waals surface area (Å²) in [4.78, 5) is 9.91. The van der Waals surface area contributed by atoms with Gasteiger partial charge in [0.1, 0.15) is 0 Å². The first-order chi connectivity index (χ1) is 2.39. The number of carbonyl (C=O) groups excluding carboxylic acids is 1. The van der Waals surface area contributed by atoms with Crippen LogP contribution in [0.3, 0.4) is 0 Å². The molecule has 0 aromatic carbocycles. The van der Waals surface area contributed by atoms with Crippen LogP contribution in [-0.4, -0.2) is 20.7 Å². The Hall–Kier alpha value is 0.189. The molecule has 0 unspecified atom stereocenters. The second-order valence-corrected chi connectivity index (χ2v) is 3.10. The summed E-state index contributed by atoms with van der Waals surface area (Å²) in [6.45, 7) is 0. The Morgan fingerprint density at radius 3 is 2.00 bits per heavy atom. The summed E-state index contributed by atoms with van der Waals surface area (Å²) in [5.74, 6) is 0.463. The Morgan fingerprint density at radius 1 is 1.60 bits per heavy atom. The van der Waals surface area contributed by atoms with E-state index in [-0.39, 0.29) is 0 Å². The van der Waals surface area contributed by atoms with E-state index in [0.717, 1.165) is 25.6 Å².